The molecule has 2 N–H and O–H groups in total. The molecule has 6 heteroatoms. The molecule has 1 rings (SSSR count). The minimum absolute atomic E-state index is 0.169. The molecule has 1 aromatic rings. The molecule has 1 heterocycles. The second-order valence-electron chi connectivity index (χ2n) is 5.64. The molecule has 0 saturated heterocycles. The zero-order chi connectivity index (χ0) is 15.2. The van der Waals surface area contributed by atoms with E-state index < -0.39 is 11.4 Å². The molecule has 0 fully saturated rings. The van der Waals surface area contributed by atoms with E-state index in [1.165, 1.54) is 0 Å². The van der Waals surface area contributed by atoms with Gasteiger partial charge in [0, 0.05) is 6.54 Å². The predicted octanol–water partition coefficient (Wildman–Crippen LogP) is 3.62. The smallest absolute Gasteiger partial charge is 0.284 e. The average Bonchev–Trinajstić information content (AvgIpc) is 2.72. The Bertz CT molecular complexity index is 394. The fraction of sp³-hybridized carbons (Fsp3) is 0.714. The van der Waals surface area contributed by atoms with E-state index in [1.54, 1.807) is 19.1 Å². The molecule has 0 aromatic carbocycles. The van der Waals surface area contributed by atoms with Crippen molar-refractivity contribution in [3.8, 4) is 0 Å². The van der Waals surface area contributed by atoms with Crippen LogP contribution < -0.4 is 5.32 Å². The number of furan rings is 1. The molecule has 20 heavy (non-hydrogen) atoms. The first-order chi connectivity index (χ1) is 9.28. The third kappa shape index (κ3) is 7.26. The molecule has 0 spiro atoms. The van der Waals surface area contributed by atoms with Crippen molar-refractivity contribution >= 4 is 11.8 Å². The summed E-state index contributed by atoms with van der Waals surface area (Å²) in [6, 6.07) is 3.48. The van der Waals surface area contributed by atoms with E-state index in [9.17, 15) is 13.9 Å². The number of rotatable bonds is 9. The van der Waals surface area contributed by atoms with E-state index in [-0.39, 0.29) is 5.75 Å². The van der Waals surface area contributed by atoms with E-state index in [4.69, 9.17) is 4.42 Å². The first-order valence-corrected chi connectivity index (χ1v) is 7.74. The number of alkyl halides is 2. The van der Waals surface area contributed by atoms with Crippen LogP contribution in [0.1, 0.15) is 38.7 Å². The fourth-order valence-corrected chi connectivity index (χ4v) is 2.59. The van der Waals surface area contributed by atoms with Crippen LogP contribution in [0.15, 0.2) is 16.5 Å². The minimum atomic E-state index is -2.38. The maximum atomic E-state index is 12.0. The fourth-order valence-electron chi connectivity index (χ4n) is 2.15. The molecular formula is C14H23F2NO2S. The molecule has 0 aliphatic heterocycles. The van der Waals surface area contributed by atoms with E-state index in [2.05, 4.69) is 19.2 Å². The molecule has 0 aliphatic carbocycles. The van der Waals surface area contributed by atoms with Crippen LogP contribution >= 0.6 is 11.8 Å². The highest BCUT2D eigenvalue weighted by atomic mass is 32.2. The van der Waals surface area contributed by atoms with Gasteiger partial charge in [-0.05, 0) is 31.4 Å². The van der Waals surface area contributed by atoms with Crippen molar-refractivity contribution in [2.75, 3.05) is 6.54 Å². The van der Waals surface area contributed by atoms with Gasteiger partial charge in [-0.3, -0.25) is 0 Å². The largest absolute Gasteiger partial charge is 0.464 e. The Balaban J connectivity index is 2.32. The van der Waals surface area contributed by atoms with E-state index in [0.29, 0.717) is 48.7 Å². The molecule has 0 amide bonds. The average molecular weight is 307 g/mol. The second kappa shape index (κ2) is 8.00. The second-order valence-corrected chi connectivity index (χ2v) is 6.62. The highest BCUT2D eigenvalue weighted by molar-refractivity contribution is 7.98. The molecule has 0 saturated carbocycles. The summed E-state index contributed by atoms with van der Waals surface area (Å²) < 4.78 is 29.5. The summed E-state index contributed by atoms with van der Waals surface area (Å²) in [5.74, 6) is -0.555. The predicted molar refractivity (Wildman–Crippen MR) is 77.8 cm³/mol. The van der Waals surface area contributed by atoms with Crippen molar-refractivity contribution in [2.45, 2.75) is 50.8 Å². The van der Waals surface area contributed by atoms with Gasteiger partial charge in [0.2, 0.25) is 0 Å². The monoisotopic (exact) mass is 307 g/mol. The Hall–Kier alpha value is -0.590. The van der Waals surface area contributed by atoms with Crippen LogP contribution in [0.25, 0.3) is 0 Å². The zero-order valence-corrected chi connectivity index (χ0v) is 13.0. The standard InChI is InChI=1S/C14H23F2NO2S/c1-10(2)6-14(3,18)9-17-7-11-4-5-12(19-11)8-20-13(15)16/h4-5,10,13,17-18H,6-9H2,1-3H3. The lowest BCUT2D eigenvalue weighted by Crippen LogP contribution is -2.38. The Morgan fingerprint density at radius 2 is 2.00 bits per heavy atom. The van der Waals surface area contributed by atoms with Crippen LogP contribution in [0.3, 0.4) is 0 Å². The third-order valence-electron chi connectivity index (χ3n) is 2.72. The van der Waals surface area contributed by atoms with Crippen LogP contribution in [0.5, 0.6) is 0 Å². The maximum absolute atomic E-state index is 12.0. The normalized spacial score (nSPS) is 15.0. The highest BCUT2D eigenvalue weighted by Gasteiger charge is 2.21. The number of halogens is 2. The highest BCUT2D eigenvalue weighted by Crippen LogP contribution is 2.21. The molecule has 1 aromatic heterocycles. The van der Waals surface area contributed by atoms with E-state index in [0.717, 1.165) is 0 Å². The number of nitrogens with one attached hydrogen (secondary N) is 1. The molecule has 0 radical (unpaired) electrons. The maximum Gasteiger partial charge on any atom is 0.284 e. The lowest BCUT2D eigenvalue weighted by atomic mass is 9.94. The molecule has 3 nitrogen and oxygen atoms in total. The minimum Gasteiger partial charge on any atom is -0.464 e. The van der Waals surface area contributed by atoms with Crippen LogP contribution in [0.4, 0.5) is 8.78 Å². The quantitative estimate of drug-likeness (QED) is 0.731. The van der Waals surface area contributed by atoms with Gasteiger partial charge in [0.05, 0.1) is 17.9 Å². The molecule has 1 unspecified atom stereocenters. The Morgan fingerprint density at radius 1 is 1.35 bits per heavy atom. The Kier molecular flexibility index (Phi) is 6.99. The van der Waals surface area contributed by atoms with Gasteiger partial charge < -0.3 is 14.8 Å². The van der Waals surface area contributed by atoms with Crippen molar-refractivity contribution in [3.63, 3.8) is 0 Å². The summed E-state index contributed by atoms with van der Waals surface area (Å²) in [6.45, 7) is 6.87. The summed E-state index contributed by atoms with van der Waals surface area (Å²) >= 11 is 0.545. The number of hydrogen-bond acceptors (Lipinski definition) is 4. The van der Waals surface area contributed by atoms with Gasteiger partial charge in [-0.15, -0.1) is 0 Å². The van der Waals surface area contributed by atoms with Gasteiger partial charge in [-0.1, -0.05) is 25.6 Å². The Morgan fingerprint density at radius 3 is 2.60 bits per heavy atom. The number of thioether (sulfide) groups is 1. The van der Waals surface area contributed by atoms with Crippen LogP contribution in [0, 0.1) is 5.92 Å². The van der Waals surface area contributed by atoms with Gasteiger partial charge in [-0.25, -0.2) is 0 Å². The lowest BCUT2D eigenvalue weighted by molar-refractivity contribution is 0.0379. The van der Waals surface area contributed by atoms with Crippen molar-refractivity contribution < 1.29 is 18.3 Å². The molecule has 0 aliphatic rings. The number of aliphatic hydroxyl groups is 1. The van der Waals surface area contributed by atoms with Crippen molar-refractivity contribution in [3.05, 3.63) is 23.7 Å². The van der Waals surface area contributed by atoms with Crippen molar-refractivity contribution in [1.29, 1.82) is 0 Å². The molecule has 1 atom stereocenters. The third-order valence-corrected chi connectivity index (χ3v) is 3.43. The summed E-state index contributed by atoms with van der Waals surface area (Å²) in [5, 5.41) is 13.3. The molecule has 0 bridgehead atoms. The lowest BCUT2D eigenvalue weighted by Gasteiger charge is -2.25. The van der Waals surface area contributed by atoms with Gasteiger partial charge in [0.25, 0.3) is 5.76 Å². The van der Waals surface area contributed by atoms with E-state index in [1.807, 2.05) is 0 Å². The van der Waals surface area contributed by atoms with Crippen LogP contribution in [0.2, 0.25) is 0 Å². The number of hydrogen-bond donors (Lipinski definition) is 2. The Labute approximate surface area is 123 Å². The first kappa shape index (κ1) is 17.5. The topological polar surface area (TPSA) is 45.4 Å². The first-order valence-electron chi connectivity index (χ1n) is 6.69. The van der Waals surface area contributed by atoms with Crippen LogP contribution in [-0.4, -0.2) is 23.0 Å². The summed E-state index contributed by atoms with van der Waals surface area (Å²) in [7, 11) is 0. The summed E-state index contributed by atoms with van der Waals surface area (Å²) in [5.41, 5.74) is -0.755. The summed E-state index contributed by atoms with van der Waals surface area (Å²) in [4.78, 5) is 0. The van der Waals surface area contributed by atoms with Gasteiger partial charge in [0.15, 0.2) is 0 Å². The SMILES string of the molecule is CC(C)CC(C)(O)CNCc1ccc(CSC(F)F)o1. The van der Waals surface area contributed by atoms with Gasteiger partial charge in [-0.2, -0.15) is 8.78 Å². The van der Waals surface area contributed by atoms with Crippen molar-refractivity contribution in [2.24, 2.45) is 5.92 Å². The molecular weight excluding hydrogens is 284 g/mol. The van der Waals surface area contributed by atoms with Crippen LogP contribution in [-0.2, 0) is 12.3 Å². The summed E-state index contributed by atoms with van der Waals surface area (Å²) in [6.07, 6.45) is 0.717. The molecule has 116 valence electrons. The van der Waals surface area contributed by atoms with Gasteiger partial charge >= 0.3 is 0 Å². The van der Waals surface area contributed by atoms with Gasteiger partial charge in [0.1, 0.15) is 11.5 Å². The van der Waals surface area contributed by atoms with Crippen molar-refractivity contribution in [1.82, 2.24) is 5.32 Å². The zero-order valence-electron chi connectivity index (χ0n) is 12.2. The van der Waals surface area contributed by atoms with E-state index >= 15 is 0 Å².